The van der Waals surface area contributed by atoms with Crippen LogP contribution in [0.3, 0.4) is 0 Å². The fourth-order valence-electron chi connectivity index (χ4n) is 9.17. The topological polar surface area (TPSA) is 0 Å². The summed E-state index contributed by atoms with van der Waals surface area (Å²) in [5.41, 5.74) is 11.8. The summed E-state index contributed by atoms with van der Waals surface area (Å²) in [6.07, 6.45) is 12.9. The predicted octanol–water partition coefficient (Wildman–Crippen LogP) is 12.0. The molecule has 6 rings (SSSR count). The number of rotatable bonds is 5. The summed E-state index contributed by atoms with van der Waals surface area (Å²) < 4.78 is 1.59. The number of hydrogen-bond acceptors (Lipinski definition) is 0. The van der Waals surface area contributed by atoms with E-state index in [9.17, 15) is 0 Å². The van der Waals surface area contributed by atoms with Crippen molar-refractivity contribution in [3.8, 4) is 0 Å². The quantitative estimate of drug-likeness (QED) is 0.298. The summed E-state index contributed by atoms with van der Waals surface area (Å²) in [4.78, 5) is 0. The van der Waals surface area contributed by atoms with Gasteiger partial charge in [-0.05, 0) is 0 Å². The van der Waals surface area contributed by atoms with E-state index in [2.05, 4.69) is 114 Å². The van der Waals surface area contributed by atoms with Crippen LogP contribution in [0.15, 0.2) is 106 Å². The van der Waals surface area contributed by atoms with Crippen molar-refractivity contribution in [1.29, 1.82) is 0 Å². The molecule has 2 unspecified atom stereocenters. The Bertz CT molecular complexity index is 1500. The van der Waals surface area contributed by atoms with E-state index in [-0.39, 0.29) is 18.1 Å². The van der Waals surface area contributed by atoms with Crippen molar-refractivity contribution in [3.63, 3.8) is 0 Å². The average molecular weight is 665 g/mol. The Morgan fingerprint density at radius 1 is 0.707 bits per heavy atom. The van der Waals surface area contributed by atoms with Gasteiger partial charge in [0.2, 0.25) is 0 Å². The minimum atomic E-state index is -5.16. The van der Waals surface area contributed by atoms with Crippen molar-refractivity contribution in [2.24, 2.45) is 10.8 Å². The molecule has 0 aliphatic heterocycles. The van der Waals surface area contributed by atoms with Gasteiger partial charge in [0.1, 0.15) is 0 Å². The third-order valence-corrected chi connectivity index (χ3v) is 32.0. The summed E-state index contributed by atoms with van der Waals surface area (Å²) in [7, 11) is 17.7. The van der Waals surface area contributed by atoms with Gasteiger partial charge in [0, 0.05) is 0 Å². The Labute approximate surface area is 256 Å². The molecular weight excluding hydrogens is 619 g/mol. The molecule has 0 saturated carbocycles. The van der Waals surface area contributed by atoms with Gasteiger partial charge in [-0.3, -0.25) is 0 Å². The van der Waals surface area contributed by atoms with Crippen LogP contribution in [0.2, 0.25) is 7.25 Å². The maximum absolute atomic E-state index is 8.86. The van der Waals surface area contributed by atoms with Gasteiger partial charge in [-0.1, -0.05) is 0 Å². The van der Waals surface area contributed by atoms with Crippen molar-refractivity contribution < 1.29 is 15.9 Å². The van der Waals surface area contributed by atoms with E-state index < -0.39 is 15.9 Å². The minimum absolute atomic E-state index is 0.124. The zero-order valence-electron chi connectivity index (χ0n) is 25.8. The van der Waals surface area contributed by atoms with Crippen LogP contribution in [0.5, 0.6) is 0 Å². The molecule has 2 atom stereocenters. The first kappa shape index (κ1) is 29.8. The van der Waals surface area contributed by atoms with Crippen molar-refractivity contribution in [1.82, 2.24) is 0 Å². The summed E-state index contributed by atoms with van der Waals surface area (Å²) in [6.45, 7) is 14.4. The van der Waals surface area contributed by atoms with E-state index >= 15 is 0 Å². The van der Waals surface area contributed by atoms with Gasteiger partial charge in [-0.15, -0.1) is 0 Å². The molecule has 0 spiro atoms. The van der Waals surface area contributed by atoms with Crippen LogP contribution >= 0.6 is 17.0 Å². The molecule has 0 nitrogen and oxygen atoms in total. The Hall–Kier alpha value is -1.27. The molecule has 0 heterocycles. The Kier molecular flexibility index (Phi) is 7.57. The van der Waals surface area contributed by atoms with Crippen molar-refractivity contribution in [2.45, 2.75) is 93.7 Å². The Morgan fingerprint density at radius 2 is 1.15 bits per heavy atom. The molecule has 216 valence electrons. The molecule has 0 fully saturated rings. The second-order valence-electron chi connectivity index (χ2n) is 14.7. The molecule has 3 heteroatoms. The second kappa shape index (κ2) is 10.4. The molecular formula is C38H46Cl2Zr. The van der Waals surface area contributed by atoms with Crippen LogP contribution in [0.25, 0.3) is 0 Å². The van der Waals surface area contributed by atoms with E-state index in [4.69, 9.17) is 17.0 Å². The van der Waals surface area contributed by atoms with Gasteiger partial charge in [0.25, 0.3) is 0 Å². The number of allylic oxidation sites excluding steroid dienone is 8. The molecule has 4 aliphatic carbocycles. The Morgan fingerprint density at radius 3 is 1.61 bits per heavy atom. The van der Waals surface area contributed by atoms with Gasteiger partial charge >= 0.3 is 258 Å². The first-order valence-corrected chi connectivity index (χ1v) is 26.1. The van der Waals surface area contributed by atoms with E-state index in [1.807, 2.05) is 0 Å². The van der Waals surface area contributed by atoms with Crippen LogP contribution in [-0.2, 0) is 22.3 Å². The maximum atomic E-state index is 8.86. The van der Waals surface area contributed by atoms with Gasteiger partial charge in [0.15, 0.2) is 0 Å². The first-order valence-electron chi connectivity index (χ1n) is 15.7. The summed E-state index contributed by atoms with van der Waals surface area (Å²) in [5, 5.41) is 0. The molecule has 2 aromatic rings. The molecule has 41 heavy (non-hydrogen) atoms. The first-order chi connectivity index (χ1) is 19.3. The number of halogens is 2. The summed E-state index contributed by atoms with van der Waals surface area (Å²) in [6, 6.07) is 21.9. The standard InChI is InChI=1S/C14H12.2C12H17.2ClH.Zr/c1-3-7-13(8-4-1)11-12-14-9-5-2-6-10-14;2*1-9-7-10-5-4-6-12(2,3)11(10)8-9;;;/h1-10H,11H2;2*7-8H,4-6H2,1-3H3;2*1H;/q;;;;;+2/p-2. The monoisotopic (exact) mass is 662 g/mol. The van der Waals surface area contributed by atoms with Crippen LogP contribution in [0.4, 0.5) is 0 Å². The summed E-state index contributed by atoms with van der Waals surface area (Å²) in [5.74, 6) is 0. The normalized spacial score (nSPS) is 25.5. The second-order valence-corrected chi connectivity index (χ2v) is 35.4. The van der Waals surface area contributed by atoms with Gasteiger partial charge in [-0.2, -0.15) is 0 Å². The van der Waals surface area contributed by atoms with Crippen LogP contribution in [0, 0.1) is 10.8 Å². The molecule has 0 saturated heterocycles. The van der Waals surface area contributed by atoms with Crippen molar-refractivity contribution >= 4 is 20.2 Å². The fraction of sp³-hybridized carbons (Fsp3) is 0.447. The van der Waals surface area contributed by atoms with Gasteiger partial charge < -0.3 is 0 Å². The third kappa shape index (κ3) is 4.76. The van der Waals surface area contributed by atoms with Crippen LogP contribution in [-0.4, -0.2) is 3.21 Å². The van der Waals surface area contributed by atoms with Gasteiger partial charge in [0.05, 0.1) is 0 Å². The fourth-order valence-corrected chi connectivity index (χ4v) is 33.2. The molecule has 2 aromatic carbocycles. The van der Waals surface area contributed by atoms with Crippen molar-refractivity contribution in [2.75, 3.05) is 0 Å². The molecule has 0 amide bonds. The van der Waals surface area contributed by atoms with E-state index in [1.54, 1.807) is 11.1 Å². The predicted molar refractivity (Wildman–Crippen MR) is 177 cm³/mol. The van der Waals surface area contributed by atoms with E-state index in [0.717, 1.165) is 19.3 Å². The number of benzene rings is 2. The third-order valence-electron chi connectivity index (χ3n) is 11.0. The van der Waals surface area contributed by atoms with Gasteiger partial charge in [-0.25, -0.2) is 0 Å². The molecule has 4 aliphatic rings. The number of hydrogen-bond donors (Lipinski definition) is 0. The van der Waals surface area contributed by atoms with Crippen LogP contribution in [0.1, 0.15) is 91.2 Å². The van der Waals surface area contributed by atoms with E-state index in [0.29, 0.717) is 0 Å². The molecule has 0 N–H and O–H groups in total. The van der Waals surface area contributed by atoms with Crippen molar-refractivity contribution in [3.05, 3.63) is 117 Å². The average Bonchev–Trinajstić information content (AvgIpc) is 3.47. The Balaban J connectivity index is 1.75. The molecule has 0 bridgehead atoms. The zero-order chi connectivity index (χ0) is 29.2. The zero-order valence-corrected chi connectivity index (χ0v) is 29.8. The summed E-state index contributed by atoms with van der Waals surface area (Å²) >= 11 is -5.16. The van der Waals surface area contributed by atoms with Crippen LogP contribution < -0.4 is 0 Å². The van der Waals surface area contributed by atoms with E-state index in [1.165, 1.54) is 62.3 Å². The molecule has 0 radical (unpaired) electrons. The molecule has 0 aromatic heterocycles. The SMILES string of the molecule is CC1=CC2=C(CCCC2(C)C)[CH]1[Zr]([Cl])([Cl])(=[C](Cc1ccccc1)c1ccccc1)[CH]1C(C)=CC2=C1CCCC2(C)C.